The maximum atomic E-state index is 13.1. The summed E-state index contributed by atoms with van der Waals surface area (Å²) in [6.45, 7) is 0. The first-order valence-electron chi connectivity index (χ1n) is 9.77. The fourth-order valence-electron chi connectivity index (χ4n) is 4.91. The van der Waals surface area contributed by atoms with E-state index in [-0.39, 0.29) is 33.1 Å². The number of hydrogen-bond acceptors (Lipinski definition) is 6. The van der Waals surface area contributed by atoms with E-state index in [0.717, 1.165) is 29.4 Å². The number of fused-ring (bicyclic) bond motifs is 3. The van der Waals surface area contributed by atoms with Crippen molar-refractivity contribution in [2.45, 2.75) is 36.3 Å². The summed E-state index contributed by atoms with van der Waals surface area (Å²) >= 11 is 0. The van der Waals surface area contributed by atoms with Gasteiger partial charge in [-0.25, -0.2) is 22.6 Å². The summed E-state index contributed by atoms with van der Waals surface area (Å²) in [6, 6.07) is 9.49. The van der Waals surface area contributed by atoms with Crippen molar-refractivity contribution in [1.82, 2.24) is 8.96 Å². The van der Waals surface area contributed by atoms with Crippen LogP contribution in [0.2, 0.25) is 0 Å². The highest BCUT2D eigenvalue weighted by Crippen LogP contribution is 2.47. The smallest absolute Gasteiger partial charge is 0.358 e. The molecule has 0 radical (unpaired) electrons. The maximum absolute atomic E-state index is 13.1. The molecule has 2 heterocycles. The van der Waals surface area contributed by atoms with E-state index >= 15 is 0 Å². The molecule has 1 aromatic carbocycles. The maximum Gasteiger partial charge on any atom is 0.358 e. The lowest BCUT2D eigenvalue weighted by Gasteiger charge is -2.27. The van der Waals surface area contributed by atoms with Gasteiger partial charge in [0.25, 0.3) is 14.9 Å². The molecule has 30 heavy (non-hydrogen) atoms. The number of aliphatic hydroxyl groups excluding tert-OH is 1. The summed E-state index contributed by atoms with van der Waals surface area (Å²) in [7, 11) is -3.88. The molecule has 5 rings (SSSR count). The number of pyridine rings is 1. The Kier molecular flexibility index (Phi) is 4.30. The van der Waals surface area contributed by atoms with Crippen molar-refractivity contribution >= 4 is 32.4 Å². The monoisotopic (exact) mass is 429 g/mol. The van der Waals surface area contributed by atoms with Crippen LogP contribution in [0.4, 0.5) is 11.4 Å². The van der Waals surface area contributed by atoms with E-state index in [1.54, 1.807) is 24.3 Å². The Hall–Kier alpha value is -2.98. The molecule has 10 heteroatoms. The summed E-state index contributed by atoms with van der Waals surface area (Å²) in [4.78, 5) is 15.7. The van der Waals surface area contributed by atoms with Gasteiger partial charge in [0, 0.05) is 18.2 Å². The molecule has 0 aliphatic heterocycles. The first-order valence-corrected chi connectivity index (χ1v) is 11.2. The first-order chi connectivity index (χ1) is 14.4. The van der Waals surface area contributed by atoms with Gasteiger partial charge in [-0.3, -0.25) is 0 Å². The van der Waals surface area contributed by atoms with Crippen molar-refractivity contribution in [2.24, 2.45) is 11.8 Å². The molecule has 2 saturated carbocycles. The highest BCUT2D eigenvalue weighted by atomic mass is 32.2. The van der Waals surface area contributed by atoms with E-state index in [9.17, 15) is 23.6 Å². The van der Waals surface area contributed by atoms with Gasteiger partial charge in [0.2, 0.25) is 0 Å². The van der Waals surface area contributed by atoms with Gasteiger partial charge in [-0.1, -0.05) is 18.2 Å². The van der Waals surface area contributed by atoms with Gasteiger partial charge in [0.1, 0.15) is 11.9 Å². The van der Waals surface area contributed by atoms with E-state index in [0.29, 0.717) is 17.0 Å². The molecule has 2 aliphatic rings. The Morgan fingerprint density at radius 1 is 1.13 bits per heavy atom. The molecule has 3 N–H and O–H groups in total. The van der Waals surface area contributed by atoms with E-state index in [4.69, 9.17) is 0 Å². The second-order valence-electron chi connectivity index (χ2n) is 8.01. The number of aromatic nitrogens is 2. The summed E-state index contributed by atoms with van der Waals surface area (Å²) in [5.41, 5.74) is 0.356. The standard InChI is InChI=1S/C20H21N4O5S/c25-18-10-12-8-15(18)16(9-12)22-19-14-6-7-23(20(14)21-11-17(19)24(26)27)30(28,29)13-4-2-1-3-5-13/h1-7,11-12,15-16,18,25H,8-10H2,(H,21,22)(H,26,27)/q+1/t12-,15+,16+,18-/m0/s1. The number of benzene rings is 1. The normalized spacial score (nSPS) is 25.6. The van der Waals surface area contributed by atoms with Crippen molar-refractivity contribution in [1.29, 1.82) is 0 Å². The lowest BCUT2D eigenvalue weighted by Crippen LogP contribution is -2.34. The van der Waals surface area contributed by atoms with Crippen LogP contribution < -0.4 is 5.32 Å². The van der Waals surface area contributed by atoms with Gasteiger partial charge >= 0.3 is 5.69 Å². The number of nitrogens with one attached hydrogen (secondary N) is 1. The van der Waals surface area contributed by atoms with Gasteiger partial charge in [-0.05, 0) is 43.4 Å². The molecule has 2 bridgehead atoms. The lowest BCUT2D eigenvalue weighted by molar-refractivity contribution is -0.729. The Morgan fingerprint density at radius 2 is 1.90 bits per heavy atom. The molecule has 3 aromatic rings. The SMILES string of the molecule is O=[N+](O)c1cnc2c(ccn2S(=O)(=O)c2ccccc2)c1N[C@@H]1C[C@@H]2C[C@H]1[C@@H](O)C2. The molecule has 0 unspecified atom stereocenters. The topological polar surface area (TPSA) is 125 Å². The minimum Gasteiger partial charge on any atom is -0.393 e. The van der Waals surface area contributed by atoms with E-state index < -0.39 is 16.1 Å². The van der Waals surface area contributed by atoms with Crippen LogP contribution in [0.5, 0.6) is 0 Å². The fourth-order valence-corrected chi connectivity index (χ4v) is 6.24. The zero-order valence-electron chi connectivity index (χ0n) is 15.9. The molecule has 0 amide bonds. The third-order valence-corrected chi connectivity index (χ3v) is 7.96. The zero-order valence-corrected chi connectivity index (χ0v) is 16.7. The Bertz CT molecular complexity index is 1240. The van der Waals surface area contributed by atoms with E-state index in [1.165, 1.54) is 18.3 Å². The minimum absolute atomic E-state index is 0.0556. The summed E-state index contributed by atoms with van der Waals surface area (Å²) in [5.74, 6) is 0.476. The molecule has 9 nitrogen and oxygen atoms in total. The summed E-state index contributed by atoms with van der Waals surface area (Å²) in [6.07, 6.45) is 4.67. The minimum atomic E-state index is -3.88. The van der Waals surface area contributed by atoms with Gasteiger partial charge in [-0.15, -0.1) is 0 Å². The largest absolute Gasteiger partial charge is 0.393 e. The highest BCUT2D eigenvalue weighted by molar-refractivity contribution is 7.90. The summed E-state index contributed by atoms with van der Waals surface area (Å²) < 4.78 is 27.2. The van der Waals surface area contributed by atoms with Gasteiger partial charge in [0.05, 0.1) is 21.3 Å². The van der Waals surface area contributed by atoms with Crippen molar-refractivity contribution in [2.75, 3.05) is 5.32 Å². The average Bonchev–Trinajstić information content (AvgIpc) is 3.42. The molecule has 4 atom stereocenters. The van der Waals surface area contributed by atoms with Crippen LogP contribution in [0.3, 0.4) is 0 Å². The third kappa shape index (κ3) is 2.86. The second kappa shape index (κ2) is 6.78. The van der Waals surface area contributed by atoms with Crippen LogP contribution in [-0.2, 0) is 10.0 Å². The van der Waals surface area contributed by atoms with Crippen LogP contribution >= 0.6 is 0 Å². The van der Waals surface area contributed by atoms with Gasteiger partial charge in [-0.2, -0.15) is 0 Å². The fraction of sp³-hybridized carbons (Fsp3) is 0.350. The third-order valence-electron chi connectivity index (χ3n) is 6.28. The number of hydrogen-bond donors (Lipinski definition) is 3. The predicted octanol–water partition coefficient (Wildman–Crippen LogP) is 2.64. The van der Waals surface area contributed by atoms with Crippen LogP contribution in [0.15, 0.2) is 53.7 Å². The van der Waals surface area contributed by atoms with Crippen molar-refractivity contribution in [3.63, 3.8) is 0 Å². The van der Waals surface area contributed by atoms with Crippen LogP contribution in [0.1, 0.15) is 19.3 Å². The predicted molar refractivity (Wildman–Crippen MR) is 108 cm³/mol. The van der Waals surface area contributed by atoms with Crippen LogP contribution in [0, 0.1) is 16.7 Å². The van der Waals surface area contributed by atoms with E-state index in [1.807, 2.05) is 0 Å². The average molecular weight is 429 g/mol. The molecular weight excluding hydrogens is 408 g/mol. The van der Waals surface area contributed by atoms with Gasteiger partial charge < -0.3 is 10.4 Å². The Labute approximate surface area is 172 Å². The molecule has 2 aliphatic carbocycles. The molecule has 0 spiro atoms. The quantitative estimate of drug-likeness (QED) is 0.533. The Morgan fingerprint density at radius 3 is 2.57 bits per heavy atom. The van der Waals surface area contributed by atoms with Crippen LogP contribution in [-0.4, -0.2) is 44.8 Å². The lowest BCUT2D eigenvalue weighted by atomic mass is 9.92. The van der Waals surface area contributed by atoms with Crippen LogP contribution in [0.25, 0.3) is 11.0 Å². The van der Waals surface area contributed by atoms with Crippen molar-refractivity contribution in [3.05, 3.63) is 53.7 Å². The molecule has 156 valence electrons. The first kappa shape index (κ1) is 19.0. The highest BCUT2D eigenvalue weighted by Gasteiger charge is 2.46. The number of anilines is 1. The van der Waals surface area contributed by atoms with Gasteiger partial charge in [0.15, 0.2) is 5.65 Å². The van der Waals surface area contributed by atoms with Crippen molar-refractivity contribution in [3.8, 4) is 0 Å². The number of aliphatic hydroxyl groups is 1. The summed E-state index contributed by atoms with van der Waals surface area (Å²) in [5, 5.41) is 23.5. The second-order valence-corrected chi connectivity index (χ2v) is 9.83. The molecule has 2 fully saturated rings. The molecule has 0 saturated heterocycles. The number of nitrogens with zero attached hydrogens (tertiary/aromatic N) is 3. The molecular formula is C20H21N4O5S+. The van der Waals surface area contributed by atoms with E-state index in [2.05, 4.69) is 10.3 Å². The number of rotatable bonds is 5. The van der Waals surface area contributed by atoms with Crippen molar-refractivity contribution < 1.29 is 23.7 Å². The Balaban J connectivity index is 1.62. The zero-order chi connectivity index (χ0) is 21.0. The molecule has 2 aromatic heterocycles.